The molecule has 106 valence electrons. The van der Waals surface area contributed by atoms with Crippen LogP contribution in [0.15, 0.2) is 12.4 Å². The van der Waals surface area contributed by atoms with Gasteiger partial charge in [-0.15, -0.1) is 0 Å². The third-order valence-electron chi connectivity index (χ3n) is 3.39. The second-order valence-electron chi connectivity index (χ2n) is 4.68. The minimum atomic E-state index is 0.291. The van der Waals surface area contributed by atoms with E-state index < -0.39 is 0 Å². The second kappa shape index (κ2) is 7.25. The Morgan fingerprint density at radius 1 is 1.21 bits per heavy atom. The number of hydrogen-bond acceptors (Lipinski definition) is 6. The fraction of sp³-hybridized carbons (Fsp3) is 0.692. The Labute approximate surface area is 114 Å². The monoisotopic (exact) mass is 266 g/mol. The maximum atomic E-state index is 8.78. The Hall–Kier alpha value is -1.40. The van der Waals surface area contributed by atoms with Gasteiger partial charge in [-0.05, 0) is 19.4 Å². The molecular formula is C13H22N4O2. The number of piperazine rings is 1. The van der Waals surface area contributed by atoms with Gasteiger partial charge < -0.3 is 14.7 Å². The second-order valence-corrected chi connectivity index (χ2v) is 4.68. The number of ether oxygens (including phenoxy) is 1. The number of anilines is 1. The lowest BCUT2D eigenvalue weighted by molar-refractivity contribution is 0.232. The molecule has 1 aromatic heterocycles. The van der Waals surface area contributed by atoms with Crippen LogP contribution >= 0.6 is 0 Å². The van der Waals surface area contributed by atoms with Crippen LogP contribution in [0.5, 0.6) is 5.88 Å². The van der Waals surface area contributed by atoms with Gasteiger partial charge in [0.15, 0.2) is 5.82 Å². The number of rotatable bonds is 6. The van der Waals surface area contributed by atoms with E-state index in [1.165, 1.54) is 0 Å². The van der Waals surface area contributed by atoms with Crippen molar-refractivity contribution in [1.82, 2.24) is 14.9 Å². The summed E-state index contributed by atoms with van der Waals surface area (Å²) in [6, 6.07) is 0. The minimum Gasteiger partial charge on any atom is -0.480 e. The number of aliphatic hydroxyl groups excluding tert-OH is 1. The van der Waals surface area contributed by atoms with E-state index in [1.54, 1.807) is 19.5 Å². The number of aliphatic hydroxyl groups is 1. The van der Waals surface area contributed by atoms with E-state index in [0.717, 1.165) is 51.4 Å². The van der Waals surface area contributed by atoms with Crippen molar-refractivity contribution in [1.29, 1.82) is 0 Å². The molecule has 6 nitrogen and oxygen atoms in total. The molecule has 0 saturated carbocycles. The van der Waals surface area contributed by atoms with Crippen molar-refractivity contribution in [3.8, 4) is 5.88 Å². The molecule has 2 rings (SSSR count). The molecule has 0 aliphatic carbocycles. The van der Waals surface area contributed by atoms with Crippen molar-refractivity contribution in [3.63, 3.8) is 0 Å². The van der Waals surface area contributed by atoms with Crippen molar-refractivity contribution in [2.45, 2.75) is 12.8 Å². The third kappa shape index (κ3) is 4.04. The highest BCUT2D eigenvalue weighted by Gasteiger charge is 2.18. The summed E-state index contributed by atoms with van der Waals surface area (Å²) in [7, 11) is 1.60. The van der Waals surface area contributed by atoms with E-state index in [9.17, 15) is 0 Å². The first-order chi connectivity index (χ1) is 9.33. The molecule has 1 N–H and O–H groups in total. The third-order valence-corrected chi connectivity index (χ3v) is 3.39. The molecule has 0 spiro atoms. The lowest BCUT2D eigenvalue weighted by Crippen LogP contribution is -2.47. The summed E-state index contributed by atoms with van der Waals surface area (Å²) in [6.45, 7) is 5.34. The van der Waals surface area contributed by atoms with Crippen LogP contribution in [0, 0.1) is 0 Å². The van der Waals surface area contributed by atoms with Crippen molar-refractivity contribution in [2.75, 3.05) is 51.3 Å². The van der Waals surface area contributed by atoms with Crippen LogP contribution in [-0.4, -0.2) is 66.4 Å². The zero-order valence-corrected chi connectivity index (χ0v) is 11.5. The highest BCUT2D eigenvalue weighted by molar-refractivity contribution is 5.38. The molecule has 19 heavy (non-hydrogen) atoms. The van der Waals surface area contributed by atoms with Gasteiger partial charge in [-0.2, -0.15) is 4.98 Å². The molecular weight excluding hydrogens is 244 g/mol. The van der Waals surface area contributed by atoms with E-state index >= 15 is 0 Å². The Morgan fingerprint density at radius 3 is 2.68 bits per heavy atom. The van der Waals surface area contributed by atoms with Crippen LogP contribution < -0.4 is 9.64 Å². The van der Waals surface area contributed by atoms with Crippen LogP contribution in [0.1, 0.15) is 12.8 Å². The summed E-state index contributed by atoms with van der Waals surface area (Å²) in [5.74, 6) is 1.44. The minimum absolute atomic E-state index is 0.291. The van der Waals surface area contributed by atoms with Gasteiger partial charge in [-0.25, -0.2) is 0 Å². The first kappa shape index (κ1) is 14.0. The van der Waals surface area contributed by atoms with Gasteiger partial charge in [-0.1, -0.05) is 0 Å². The van der Waals surface area contributed by atoms with E-state index in [2.05, 4.69) is 19.8 Å². The zero-order chi connectivity index (χ0) is 13.5. The quantitative estimate of drug-likeness (QED) is 0.751. The number of hydrogen-bond donors (Lipinski definition) is 1. The summed E-state index contributed by atoms with van der Waals surface area (Å²) in [4.78, 5) is 13.2. The molecule has 1 saturated heterocycles. The summed E-state index contributed by atoms with van der Waals surface area (Å²) in [6.07, 6.45) is 5.36. The smallest absolute Gasteiger partial charge is 0.233 e. The van der Waals surface area contributed by atoms with Crippen LogP contribution in [-0.2, 0) is 0 Å². The van der Waals surface area contributed by atoms with Gasteiger partial charge in [0, 0.05) is 32.8 Å². The molecule has 1 aliphatic rings. The number of nitrogens with zero attached hydrogens (tertiary/aromatic N) is 4. The van der Waals surface area contributed by atoms with Crippen molar-refractivity contribution < 1.29 is 9.84 Å². The van der Waals surface area contributed by atoms with Crippen LogP contribution in [0.4, 0.5) is 5.82 Å². The summed E-state index contributed by atoms with van der Waals surface area (Å²) in [5, 5.41) is 8.78. The van der Waals surface area contributed by atoms with Gasteiger partial charge in [0.2, 0.25) is 5.88 Å². The fourth-order valence-corrected chi connectivity index (χ4v) is 2.24. The Bertz CT molecular complexity index is 381. The van der Waals surface area contributed by atoms with E-state index in [1.807, 2.05) is 0 Å². The first-order valence-electron chi connectivity index (χ1n) is 6.77. The van der Waals surface area contributed by atoms with E-state index in [-0.39, 0.29) is 0 Å². The lowest BCUT2D eigenvalue weighted by Gasteiger charge is -2.35. The molecule has 0 bridgehead atoms. The highest BCUT2D eigenvalue weighted by Crippen LogP contribution is 2.15. The fourth-order valence-electron chi connectivity index (χ4n) is 2.24. The average Bonchev–Trinajstić information content (AvgIpc) is 2.48. The number of unbranched alkanes of at least 4 members (excludes halogenated alkanes) is 1. The molecule has 1 aliphatic heterocycles. The van der Waals surface area contributed by atoms with Crippen LogP contribution in [0.2, 0.25) is 0 Å². The van der Waals surface area contributed by atoms with Crippen molar-refractivity contribution >= 4 is 5.82 Å². The van der Waals surface area contributed by atoms with Crippen LogP contribution in [0.3, 0.4) is 0 Å². The largest absolute Gasteiger partial charge is 0.480 e. The molecule has 0 atom stereocenters. The van der Waals surface area contributed by atoms with E-state index in [4.69, 9.17) is 9.84 Å². The Kier molecular flexibility index (Phi) is 5.35. The maximum Gasteiger partial charge on any atom is 0.233 e. The first-order valence-corrected chi connectivity index (χ1v) is 6.77. The molecule has 0 unspecified atom stereocenters. The molecule has 1 aromatic rings. The molecule has 0 radical (unpaired) electrons. The Balaban J connectivity index is 1.82. The van der Waals surface area contributed by atoms with Crippen LogP contribution in [0.25, 0.3) is 0 Å². The van der Waals surface area contributed by atoms with Gasteiger partial charge >= 0.3 is 0 Å². The molecule has 1 fully saturated rings. The molecule has 0 amide bonds. The molecule has 2 heterocycles. The number of methoxy groups -OCH3 is 1. The average molecular weight is 266 g/mol. The summed E-state index contributed by atoms with van der Waals surface area (Å²) in [5.41, 5.74) is 0. The van der Waals surface area contributed by atoms with Crippen molar-refractivity contribution in [2.24, 2.45) is 0 Å². The number of aromatic nitrogens is 2. The SMILES string of the molecule is COc1cncc(N2CCN(CCCCO)CC2)n1. The van der Waals surface area contributed by atoms with Gasteiger partial charge in [-0.3, -0.25) is 9.88 Å². The van der Waals surface area contributed by atoms with E-state index in [0.29, 0.717) is 12.5 Å². The van der Waals surface area contributed by atoms with Crippen molar-refractivity contribution in [3.05, 3.63) is 12.4 Å². The highest BCUT2D eigenvalue weighted by atomic mass is 16.5. The summed E-state index contributed by atoms with van der Waals surface area (Å²) < 4.78 is 5.10. The zero-order valence-electron chi connectivity index (χ0n) is 11.5. The predicted octanol–water partition coefficient (Wildman–Crippen LogP) is 0.380. The Morgan fingerprint density at radius 2 is 2.00 bits per heavy atom. The van der Waals surface area contributed by atoms with Gasteiger partial charge in [0.1, 0.15) is 0 Å². The maximum absolute atomic E-state index is 8.78. The topological polar surface area (TPSA) is 61.7 Å². The normalized spacial score (nSPS) is 16.6. The van der Waals surface area contributed by atoms with Gasteiger partial charge in [0.25, 0.3) is 0 Å². The summed E-state index contributed by atoms with van der Waals surface area (Å²) >= 11 is 0. The molecule has 0 aromatic carbocycles. The van der Waals surface area contributed by atoms with Gasteiger partial charge in [0.05, 0.1) is 19.5 Å². The molecule has 6 heteroatoms. The standard InChI is InChI=1S/C13H22N4O2/c1-19-13-11-14-10-12(15-13)17-7-5-16(6-8-17)4-2-3-9-18/h10-11,18H,2-9H2,1H3. The lowest BCUT2D eigenvalue weighted by atomic mass is 10.2. The predicted molar refractivity (Wildman–Crippen MR) is 73.6 cm³/mol.